The van der Waals surface area contributed by atoms with E-state index in [-0.39, 0.29) is 24.8 Å². The maximum absolute atomic E-state index is 11.7. The van der Waals surface area contributed by atoms with Crippen molar-refractivity contribution in [2.24, 2.45) is 0 Å². The number of hydrogen-bond acceptors (Lipinski definition) is 4. The van der Waals surface area contributed by atoms with Gasteiger partial charge in [-0.2, -0.15) is 0 Å². The quantitative estimate of drug-likeness (QED) is 0.599. The van der Waals surface area contributed by atoms with Crippen LogP contribution in [0.4, 0.5) is 5.69 Å². The summed E-state index contributed by atoms with van der Waals surface area (Å²) in [6, 6.07) is 6.85. The smallest absolute Gasteiger partial charge is 0.309 e. The number of terminal acetylenes is 1. The molecule has 0 spiro atoms. The number of amides is 1. The van der Waals surface area contributed by atoms with Crippen LogP contribution in [0.15, 0.2) is 24.3 Å². The Hall–Kier alpha value is -2.48. The summed E-state index contributed by atoms with van der Waals surface area (Å²) in [5.41, 5.74) is 1.58. The van der Waals surface area contributed by atoms with E-state index in [2.05, 4.69) is 21.3 Å². The second-order valence-electron chi connectivity index (χ2n) is 4.24. The van der Waals surface area contributed by atoms with Crippen molar-refractivity contribution in [3.63, 3.8) is 0 Å². The molecule has 0 aliphatic heterocycles. The van der Waals surface area contributed by atoms with Gasteiger partial charge in [-0.25, -0.2) is 0 Å². The molecule has 1 aromatic carbocycles. The van der Waals surface area contributed by atoms with Crippen molar-refractivity contribution in [2.75, 3.05) is 19.0 Å². The third-order valence-electron chi connectivity index (χ3n) is 2.64. The lowest BCUT2D eigenvalue weighted by Gasteiger charge is -2.15. The Labute approximate surface area is 118 Å². The minimum absolute atomic E-state index is 0.179. The molecule has 0 bridgehead atoms. The van der Waals surface area contributed by atoms with Crippen molar-refractivity contribution < 1.29 is 14.3 Å². The monoisotopic (exact) mass is 274 g/mol. The zero-order chi connectivity index (χ0) is 15.0. The Balaban J connectivity index is 2.64. The van der Waals surface area contributed by atoms with Gasteiger partial charge in [0.25, 0.3) is 0 Å². The van der Waals surface area contributed by atoms with Crippen LogP contribution in [0, 0.1) is 12.3 Å². The molecule has 1 rings (SSSR count). The standard InChI is InChI=1S/C15H18N2O3/c1-4-8-16-15(19)11(2)17-13-7-5-6-12(9-13)10-14(18)20-3/h1,5-7,9,11,17H,8,10H2,2-3H3,(H,16,19). The minimum Gasteiger partial charge on any atom is -0.469 e. The van der Waals surface area contributed by atoms with Crippen molar-refractivity contribution in [1.82, 2.24) is 5.32 Å². The highest BCUT2D eigenvalue weighted by Gasteiger charge is 2.12. The molecule has 1 aromatic rings. The lowest BCUT2D eigenvalue weighted by molar-refractivity contribution is -0.139. The summed E-state index contributed by atoms with van der Waals surface area (Å²) in [4.78, 5) is 22.9. The number of hydrogen-bond donors (Lipinski definition) is 2. The number of carbonyl (C=O) groups excluding carboxylic acids is 2. The number of rotatable bonds is 6. The first kappa shape index (κ1) is 15.6. The summed E-state index contributed by atoms with van der Waals surface area (Å²) in [5, 5.41) is 5.65. The van der Waals surface area contributed by atoms with Crippen LogP contribution in [-0.2, 0) is 20.7 Å². The zero-order valence-electron chi connectivity index (χ0n) is 11.6. The first-order chi connectivity index (χ1) is 9.56. The summed E-state index contributed by atoms with van der Waals surface area (Å²) in [5.74, 6) is 1.86. The van der Waals surface area contributed by atoms with Crippen LogP contribution < -0.4 is 10.6 Å². The first-order valence-corrected chi connectivity index (χ1v) is 6.20. The number of benzene rings is 1. The average molecular weight is 274 g/mol. The van der Waals surface area contributed by atoms with E-state index in [1.165, 1.54) is 7.11 Å². The van der Waals surface area contributed by atoms with E-state index in [0.717, 1.165) is 11.3 Å². The van der Waals surface area contributed by atoms with Gasteiger partial charge in [0.05, 0.1) is 20.1 Å². The highest BCUT2D eigenvalue weighted by molar-refractivity contribution is 5.84. The van der Waals surface area contributed by atoms with Crippen molar-refractivity contribution >= 4 is 17.6 Å². The maximum Gasteiger partial charge on any atom is 0.309 e. The SMILES string of the molecule is C#CCNC(=O)C(C)Nc1cccc(CC(=O)OC)c1. The van der Waals surface area contributed by atoms with E-state index >= 15 is 0 Å². The Morgan fingerprint density at radius 2 is 2.20 bits per heavy atom. The van der Waals surface area contributed by atoms with E-state index in [9.17, 15) is 9.59 Å². The molecule has 1 unspecified atom stereocenters. The molecule has 0 saturated carbocycles. The van der Waals surface area contributed by atoms with Crippen LogP contribution in [0.25, 0.3) is 0 Å². The van der Waals surface area contributed by atoms with E-state index in [1.807, 2.05) is 24.3 Å². The summed E-state index contributed by atoms with van der Waals surface area (Å²) in [6.45, 7) is 1.94. The number of anilines is 1. The fourth-order valence-corrected chi connectivity index (χ4v) is 1.62. The normalized spacial score (nSPS) is 11.1. The second-order valence-corrected chi connectivity index (χ2v) is 4.24. The van der Waals surface area contributed by atoms with Crippen molar-refractivity contribution in [2.45, 2.75) is 19.4 Å². The van der Waals surface area contributed by atoms with Gasteiger partial charge in [-0.1, -0.05) is 18.1 Å². The molecule has 0 aromatic heterocycles. The third-order valence-corrected chi connectivity index (χ3v) is 2.64. The third kappa shape index (κ3) is 5.02. The predicted molar refractivity (Wildman–Crippen MR) is 77.1 cm³/mol. The van der Waals surface area contributed by atoms with E-state index in [0.29, 0.717) is 0 Å². The largest absolute Gasteiger partial charge is 0.469 e. The summed E-state index contributed by atoms with van der Waals surface area (Å²) in [7, 11) is 1.35. The summed E-state index contributed by atoms with van der Waals surface area (Å²) < 4.78 is 4.62. The Kier molecular flexibility index (Phi) is 6.11. The molecule has 2 N–H and O–H groups in total. The highest BCUT2D eigenvalue weighted by atomic mass is 16.5. The van der Waals surface area contributed by atoms with Gasteiger partial charge in [-0.15, -0.1) is 6.42 Å². The molecule has 0 aliphatic carbocycles. The van der Waals surface area contributed by atoms with Crippen LogP contribution in [0.5, 0.6) is 0 Å². The maximum atomic E-state index is 11.7. The zero-order valence-corrected chi connectivity index (χ0v) is 11.6. The molecule has 1 atom stereocenters. The van der Waals surface area contributed by atoms with Crippen LogP contribution in [0.1, 0.15) is 12.5 Å². The first-order valence-electron chi connectivity index (χ1n) is 6.20. The second kappa shape index (κ2) is 7.85. The molecule has 0 aliphatic rings. The van der Waals surface area contributed by atoms with Gasteiger partial charge in [0.2, 0.25) is 5.91 Å². The average Bonchev–Trinajstić information content (AvgIpc) is 2.44. The number of ether oxygens (including phenoxy) is 1. The molecule has 20 heavy (non-hydrogen) atoms. The number of esters is 1. The fraction of sp³-hybridized carbons (Fsp3) is 0.333. The number of methoxy groups -OCH3 is 1. The van der Waals surface area contributed by atoms with Gasteiger partial charge < -0.3 is 15.4 Å². The Bertz CT molecular complexity index is 520. The fourth-order valence-electron chi connectivity index (χ4n) is 1.62. The van der Waals surface area contributed by atoms with E-state index in [4.69, 9.17) is 6.42 Å². The highest BCUT2D eigenvalue weighted by Crippen LogP contribution is 2.12. The van der Waals surface area contributed by atoms with E-state index in [1.54, 1.807) is 6.92 Å². The topological polar surface area (TPSA) is 67.4 Å². The molecular formula is C15H18N2O3. The van der Waals surface area contributed by atoms with Gasteiger partial charge in [-0.05, 0) is 24.6 Å². The van der Waals surface area contributed by atoms with Crippen molar-refractivity contribution in [1.29, 1.82) is 0 Å². The minimum atomic E-state index is -0.420. The van der Waals surface area contributed by atoms with Crippen LogP contribution >= 0.6 is 0 Å². The Morgan fingerprint density at radius 3 is 2.85 bits per heavy atom. The molecule has 0 saturated heterocycles. The Morgan fingerprint density at radius 1 is 1.45 bits per heavy atom. The van der Waals surface area contributed by atoms with Crippen LogP contribution in [0.2, 0.25) is 0 Å². The van der Waals surface area contributed by atoms with Gasteiger partial charge in [0, 0.05) is 5.69 Å². The number of carbonyl (C=O) groups is 2. The van der Waals surface area contributed by atoms with E-state index < -0.39 is 6.04 Å². The molecular weight excluding hydrogens is 256 g/mol. The predicted octanol–water partition coefficient (Wildman–Crippen LogP) is 0.952. The van der Waals surface area contributed by atoms with Gasteiger partial charge in [0.1, 0.15) is 6.04 Å². The van der Waals surface area contributed by atoms with Gasteiger partial charge >= 0.3 is 5.97 Å². The molecule has 0 radical (unpaired) electrons. The molecule has 1 amide bonds. The lowest BCUT2D eigenvalue weighted by atomic mass is 10.1. The summed E-state index contributed by atoms with van der Waals surface area (Å²) >= 11 is 0. The summed E-state index contributed by atoms with van der Waals surface area (Å²) in [6.07, 6.45) is 5.28. The molecule has 106 valence electrons. The van der Waals surface area contributed by atoms with Gasteiger partial charge in [0.15, 0.2) is 0 Å². The van der Waals surface area contributed by atoms with Crippen molar-refractivity contribution in [3.8, 4) is 12.3 Å². The van der Waals surface area contributed by atoms with Crippen molar-refractivity contribution in [3.05, 3.63) is 29.8 Å². The molecule has 0 heterocycles. The lowest BCUT2D eigenvalue weighted by Crippen LogP contribution is -2.37. The number of nitrogens with one attached hydrogen (secondary N) is 2. The van der Waals surface area contributed by atoms with Crippen LogP contribution in [0.3, 0.4) is 0 Å². The van der Waals surface area contributed by atoms with Crippen LogP contribution in [-0.4, -0.2) is 31.6 Å². The van der Waals surface area contributed by atoms with Gasteiger partial charge in [-0.3, -0.25) is 9.59 Å². The molecule has 5 nitrogen and oxygen atoms in total. The molecule has 5 heteroatoms. The molecule has 0 fully saturated rings.